The van der Waals surface area contributed by atoms with Gasteiger partial charge in [-0.1, -0.05) is 48.5 Å². The smallest absolute Gasteiger partial charge is 0.383 e. The lowest BCUT2D eigenvalue weighted by molar-refractivity contribution is 0.102. The molecule has 4 nitrogen and oxygen atoms in total. The highest BCUT2D eigenvalue weighted by atomic mass is 28.4. The molecular formula is C18H25NO3Si. The highest BCUT2D eigenvalue weighted by Crippen LogP contribution is 2.17. The second kappa shape index (κ2) is 9.47. The lowest BCUT2D eigenvalue weighted by Gasteiger charge is -2.26. The average molecular weight is 331 g/mol. The molecule has 2 aromatic rings. The first-order valence-corrected chi connectivity index (χ1v) is 9.78. The van der Waals surface area contributed by atoms with Crippen molar-refractivity contribution in [3.05, 3.63) is 66.2 Å². The standard InChI is InChI=1S/C18H25NO3Si/c1-20-23(21-2,16-13-17-9-5-3-6-10-17)22-15-14-19-18-11-7-4-8-12-18/h3-12,19H,13-16H2,1-2H3. The van der Waals surface area contributed by atoms with Crippen LogP contribution in [0.1, 0.15) is 5.56 Å². The van der Waals surface area contributed by atoms with Crippen LogP contribution in [0.25, 0.3) is 0 Å². The molecule has 0 radical (unpaired) electrons. The van der Waals surface area contributed by atoms with Crippen molar-refractivity contribution >= 4 is 14.5 Å². The van der Waals surface area contributed by atoms with Crippen LogP contribution >= 0.6 is 0 Å². The number of rotatable bonds is 10. The summed E-state index contributed by atoms with van der Waals surface area (Å²) in [5, 5.41) is 3.33. The predicted molar refractivity (Wildman–Crippen MR) is 95.6 cm³/mol. The molecule has 124 valence electrons. The zero-order chi connectivity index (χ0) is 16.4. The van der Waals surface area contributed by atoms with Crippen molar-refractivity contribution in [2.45, 2.75) is 12.5 Å². The summed E-state index contributed by atoms with van der Waals surface area (Å²) in [4.78, 5) is 0. The van der Waals surface area contributed by atoms with Gasteiger partial charge in [0.05, 0.1) is 6.61 Å². The highest BCUT2D eigenvalue weighted by molar-refractivity contribution is 6.60. The van der Waals surface area contributed by atoms with Gasteiger partial charge in [-0.25, -0.2) is 0 Å². The molecule has 2 rings (SSSR count). The van der Waals surface area contributed by atoms with E-state index in [9.17, 15) is 0 Å². The largest absolute Gasteiger partial charge is 0.500 e. The number of para-hydroxylation sites is 1. The van der Waals surface area contributed by atoms with Crippen molar-refractivity contribution in [1.82, 2.24) is 0 Å². The Bertz CT molecular complexity index is 547. The van der Waals surface area contributed by atoms with Crippen molar-refractivity contribution in [3.8, 4) is 0 Å². The molecule has 0 aliphatic heterocycles. The van der Waals surface area contributed by atoms with Gasteiger partial charge in [0, 0.05) is 32.5 Å². The van der Waals surface area contributed by atoms with Crippen molar-refractivity contribution in [2.24, 2.45) is 0 Å². The highest BCUT2D eigenvalue weighted by Gasteiger charge is 2.38. The van der Waals surface area contributed by atoms with E-state index in [1.54, 1.807) is 14.2 Å². The van der Waals surface area contributed by atoms with Crippen molar-refractivity contribution in [1.29, 1.82) is 0 Å². The second-order valence-electron chi connectivity index (χ2n) is 5.22. The first-order chi connectivity index (χ1) is 11.3. The molecule has 0 saturated heterocycles. The van der Waals surface area contributed by atoms with E-state index < -0.39 is 8.80 Å². The maximum atomic E-state index is 6.00. The first-order valence-electron chi connectivity index (χ1n) is 7.85. The molecule has 0 saturated carbocycles. The number of nitrogens with one attached hydrogen (secondary N) is 1. The molecule has 1 N–H and O–H groups in total. The van der Waals surface area contributed by atoms with Crippen LogP contribution in [0.2, 0.25) is 6.04 Å². The van der Waals surface area contributed by atoms with Crippen LogP contribution in [0.15, 0.2) is 60.7 Å². The summed E-state index contributed by atoms with van der Waals surface area (Å²) >= 11 is 0. The minimum absolute atomic E-state index is 0.553. The van der Waals surface area contributed by atoms with E-state index in [1.807, 2.05) is 48.5 Å². The van der Waals surface area contributed by atoms with Crippen molar-refractivity contribution in [2.75, 3.05) is 32.7 Å². The van der Waals surface area contributed by atoms with Crippen LogP contribution in [0.5, 0.6) is 0 Å². The minimum atomic E-state index is -2.60. The molecule has 0 aliphatic carbocycles. The maximum absolute atomic E-state index is 6.00. The third-order valence-electron chi connectivity index (χ3n) is 3.71. The van der Waals surface area contributed by atoms with E-state index in [4.69, 9.17) is 13.3 Å². The molecule has 0 aliphatic rings. The van der Waals surface area contributed by atoms with E-state index in [0.717, 1.165) is 24.7 Å². The summed E-state index contributed by atoms with van der Waals surface area (Å²) in [6.07, 6.45) is 0.890. The number of benzene rings is 2. The Morgan fingerprint density at radius 1 is 0.870 bits per heavy atom. The van der Waals surface area contributed by atoms with E-state index in [0.29, 0.717) is 6.61 Å². The van der Waals surface area contributed by atoms with Gasteiger partial charge in [0.25, 0.3) is 0 Å². The van der Waals surface area contributed by atoms with Gasteiger partial charge >= 0.3 is 8.80 Å². The number of anilines is 1. The molecule has 2 aromatic carbocycles. The molecule has 23 heavy (non-hydrogen) atoms. The Balaban J connectivity index is 1.79. The zero-order valence-corrected chi connectivity index (χ0v) is 14.8. The van der Waals surface area contributed by atoms with Crippen LogP contribution in [0, 0.1) is 0 Å². The van der Waals surface area contributed by atoms with Gasteiger partial charge in [-0.3, -0.25) is 0 Å². The van der Waals surface area contributed by atoms with Gasteiger partial charge in [0.1, 0.15) is 0 Å². The summed E-state index contributed by atoms with van der Waals surface area (Å²) in [5.41, 5.74) is 2.35. The average Bonchev–Trinajstić information content (AvgIpc) is 2.63. The summed E-state index contributed by atoms with van der Waals surface area (Å²) in [6, 6.07) is 21.2. The van der Waals surface area contributed by atoms with Gasteiger partial charge in [-0.05, 0) is 24.1 Å². The predicted octanol–water partition coefficient (Wildman–Crippen LogP) is 3.59. The molecule has 0 aromatic heterocycles. The van der Waals surface area contributed by atoms with Gasteiger partial charge in [0.15, 0.2) is 0 Å². The number of hydrogen-bond donors (Lipinski definition) is 1. The van der Waals surface area contributed by atoms with Gasteiger partial charge in [-0.15, -0.1) is 0 Å². The third kappa shape index (κ3) is 5.80. The fraction of sp³-hybridized carbons (Fsp3) is 0.333. The molecule has 0 amide bonds. The molecule has 0 spiro atoms. The normalized spacial score (nSPS) is 11.4. The lowest BCUT2D eigenvalue weighted by Crippen LogP contribution is -2.45. The van der Waals surface area contributed by atoms with Crippen LogP contribution in [0.3, 0.4) is 0 Å². The molecule has 0 heterocycles. The Hall–Kier alpha value is -1.66. The Morgan fingerprint density at radius 3 is 2.09 bits per heavy atom. The summed E-state index contributed by atoms with van der Waals surface area (Å²) < 4.78 is 17.3. The van der Waals surface area contributed by atoms with Gasteiger partial charge in [-0.2, -0.15) is 0 Å². The fourth-order valence-corrected chi connectivity index (χ4v) is 4.34. The Morgan fingerprint density at radius 2 is 1.48 bits per heavy atom. The zero-order valence-electron chi connectivity index (χ0n) is 13.8. The SMILES string of the molecule is CO[Si](CCc1ccccc1)(OC)OCCNc1ccccc1. The van der Waals surface area contributed by atoms with E-state index in [-0.39, 0.29) is 0 Å². The minimum Gasteiger partial charge on any atom is -0.383 e. The topological polar surface area (TPSA) is 39.7 Å². The van der Waals surface area contributed by atoms with E-state index in [1.165, 1.54) is 5.56 Å². The summed E-state index contributed by atoms with van der Waals surface area (Å²) in [6.45, 7) is 1.27. The first kappa shape index (κ1) is 17.7. The van der Waals surface area contributed by atoms with Gasteiger partial charge in [0.2, 0.25) is 0 Å². The maximum Gasteiger partial charge on any atom is 0.500 e. The quantitative estimate of drug-likeness (QED) is 0.533. The molecular weight excluding hydrogens is 306 g/mol. The van der Waals surface area contributed by atoms with Crippen molar-refractivity contribution in [3.63, 3.8) is 0 Å². The van der Waals surface area contributed by atoms with E-state index >= 15 is 0 Å². The van der Waals surface area contributed by atoms with Crippen LogP contribution in [0.4, 0.5) is 5.69 Å². The molecule has 0 atom stereocenters. The van der Waals surface area contributed by atoms with E-state index in [2.05, 4.69) is 17.4 Å². The number of hydrogen-bond acceptors (Lipinski definition) is 4. The van der Waals surface area contributed by atoms with Gasteiger partial charge < -0.3 is 18.6 Å². The number of aryl methyl sites for hydroxylation is 1. The Kier molecular flexibility index (Phi) is 7.28. The third-order valence-corrected chi connectivity index (χ3v) is 6.46. The molecule has 5 heteroatoms. The summed E-state index contributed by atoms with van der Waals surface area (Å²) in [7, 11) is 0.740. The van der Waals surface area contributed by atoms with Crippen LogP contribution in [-0.2, 0) is 19.7 Å². The molecule has 0 unspecified atom stereocenters. The van der Waals surface area contributed by atoms with Crippen molar-refractivity contribution < 1.29 is 13.3 Å². The molecule has 0 bridgehead atoms. The summed E-state index contributed by atoms with van der Waals surface area (Å²) in [5.74, 6) is 0. The van der Waals surface area contributed by atoms with Crippen LogP contribution in [-0.4, -0.2) is 36.2 Å². The lowest BCUT2D eigenvalue weighted by atomic mass is 10.2. The Labute approximate surface area is 139 Å². The van der Waals surface area contributed by atoms with Crippen LogP contribution < -0.4 is 5.32 Å². The second-order valence-corrected chi connectivity index (χ2v) is 8.19. The monoisotopic (exact) mass is 331 g/mol. The molecule has 0 fully saturated rings. The fourth-order valence-electron chi connectivity index (χ4n) is 2.38.